The maximum Gasteiger partial charge on any atom is 0.352 e. The normalized spacial score (nSPS) is 20.6. The maximum atomic E-state index is 12.5. The topological polar surface area (TPSA) is 113 Å². The molecule has 2 atom stereocenters. The zero-order chi connectivity index (χ0) is 22.0. The predicted molar refractivity (Wildman–Crippen MR) is 112 cm³/mol. The second kappa shape index (κ2) is 9.11. The molecule has 0 aromatic heterocycles. The zero-order valence-corrected chi connectivity index (χ0v) is 17.9. The largest absolute Gasteiger partial charge is 0.477 e. The fourth-order valence-electron chi connectivity index (χ4n) is 2.99. The number of aliphatic carboxylic acids is 1. The number of rotatable bonds is 6. The minimum Gasteiger partial charge on any atom is -0.477 e. The van der Waals surface area contributed by atoms with Gasteiger partial charge in [-0.3, -0.25) is 19.3 Å². The number of esters is 1. The second-order valence-electron chi connectivity index (χ2n) is 6.43. The monoisotopic (exact) mass is 470 g/mol. The van der Waals surface area contributed by atoms with Gasteiger partial charge in [-0.25, -0.2) is 4.79 Å². The molecule has 0 aliphatic carbocycles. The number of carboxylic acid groups (broad SMARTS) is 1. The van der Waals surface area contributed by atoms with Crippen LogP contribution in [0.1, 0.15) is 12.5 Å². The molecule has 2 amide bonds. The lowest BCUT2D eigenvalue weighted by Crippen LogP contribution is -2.70. The van der Waals surface area contributed by atoms with Gasteiger partial charge in [0, 0.05) is 34.4 Å². The molecule has 158 valence electrons. The highest BCUT2D eigenvalue weighted by Gasteiger charge is 2.54. The third-order valence-electron chi connectivity index (χ3n) is 4.37. The van der Waals surface area contributed by atoms with Crippen molar-refractivity contribution in [2.24, 2.45) is 0 Å². The number of nitrogens with zero attached hydrogens (tertiary/aromatic N) is 1. The van der Waals surface area contributed by atoms with Crippen LogP contribution in [-0.4, -0.2) is 57.5 Å². The van der Waals surface area contributed by atoms with Gasteiger partial charge < -0.3 is 15.2 Å². The predicted octanol–water partition coefficient (Wildman–Crippen LogP) is 2.31. The number of hydrogen-bond donors (Lipinski definition) is 2. The van der Waals surface area contributed by atoms with Crippen LogP contribution in [0.2, 0.25) is 10.0 Å². The first kappa shape index (κ1) is 22.2. The first-order valence-electron chi connectivity index (χ1n) is 8.66. The lowest BCUT2D eigenvalue weighted by molar-refractivity contribution is -0.150. The van der Waals surface area contributed by atoms with Crippen molar-refractivity contribution in [2.45, 2.75) is 18.3 Å². The van der Waals surface area contributed by atoms with Crippen molar-refractivity contribution < 1.29 is 29.0 Å². The number of β-lactam (4-membered cyclic amide) rings is 1. The number of halogens is 2. The molecule has 2 aliphatic heterocycles. The van der Waals surface area contributed by atoms with E-state index >= 15 is 0 Å². The van der Waals surface area contributed by atoms with Crippen LogP contribution in [0, 0.1) is 0 Å². The number of hydrogen-bond acceptors (Lipinski definition) is 6. The van der Waals surface area contributed by atoms with Gasteiger partial charge in [0.15, 0.2) is 0 Å². The summed E-state index contributed by atoms with van der Waals surface area (Å²) in [6.45, 7) is 1.01. The van der Waals surface area contributed by atoms with Crippen LogP contribution in [0.5, 0.6) is 0 Å². The Hall–Kier alpha value is -2.49. The maximum absolute atomic E-state index is 12.5. The Morgan fingerprint density at radius 2 is 2.10 bits per heavy atom. The van der Waals surface area contributed by atoms with E-state index in [0.717, 1.165) is 4.90 Å². The lowest BCUT2D eigenvalue weighted by atomic mass is 10.0. The molecule has 2 N–H and O–H groups in total. The molecule has 8 nitrogen and oxygen atoms in total. The van der Waals surface area contributed by atoms with Crippen molar-refractivity contribution in [3.8, 4) is 0 Å². The number of carbonyl (C=O) groups excluding carboxylic acids is 3. The molecule has 0 radical (unpaired) electrons. The summed E-state index contributed by atoms with van der Waals surface area (Å²) < 4.78 is 4.88. The number of benzene rings is 1. The Bertz CT molecular complexity index is 993. The summed E-state index contributed by atoms with van der Waals surface area (Å²) in [5.41, 5.74) is 0.698. The molecule has 1 fully saturated rings. The Labute approximate surface area is 185 Å². The molecule has 1 aromatic rings. The third-order valence-corrected chi connectivity index (χ3v) is 6.28. The van der Waals surface area contributed by atoms with E-state index in [4.69, 9.17) is 27.9 Å². The van der Waals surface area contributed by atoms with E-state index in [1.54, 1.807) is 18.2 Å². The van der Waals surface area contributed by atoms with Crippen LogP contribution in [0.4, 0.5) is 0 Å². The van der Waals surface area contributed by atoms with E-state index < -0.39 is 35.2 Å². The first-order chi connectivity index (χ1) is 14.2. The Morgan fingerprint density at radius 3 is 2.73 bits per heavy atom. The fraction of sp³-hybridized carbons (Fsp3) is 0.263. The molecular weight excluding hydrogens is 455 g/mol. The molecular formula is C19H16Cl2N2O6S. The SMILES string of the molecule is CC(=O)OCC1=C(C(=O)O)N2C(=O)C(NC(=O)/C=C/c3ccc(Cl)cc3Cl)C2SC1. The van der Waals surface area contributed by atoms with Crippen LogP contribution in [0.25, 0.3) is 6.08 Å². The number of thioether (sulfide) groups is 1. The average molecular weight is 471 g/mol. The van der Waals surface area contributed by atoms with Gasteiger partial charge in [-0.05, 0) is 23.8 Å². The summed E-state index contributed by atoms with van der Waals surface area (Å²) in [7, 11) is 0. The molecule has 0 spiro atoms. The fourth-order valence-corrected chi connectivity index (χ4v) is 4.79. The van der Waals surface area contributed by atoms with Crippen LogP contribution in [0.3, 0.4) is 0 Å². The Morgan fingerprint density at radius 1 is 1.37 bits per heavy atom. The molecule has 1 saturated heterocycles. The van der Waals surface area contributed by atoms with Gasteiger partial charge in [0.1, 0.15) is 23.7 Å². The molecule has 3 rings (SSSR count). The van der Waals surface area contributed by atoms with Crippen LogP contribution < -0.4 is 5.32 Å². The minimum atomic E-state index is -1.29. The van der Waals surface area contributed by atoms with E-state index in [2.05, 4.69) is 5.32 Å². The lowest BCUT2D eigenvalue weighted by Gasteiger charge is -2.49. The van der Waals surface area contributed by atoms with Crippen molar-refractivity contribution in [1.82, 2.24) is 10.2 Å². The van der Waals surface area contributed by atoms with Crippen molar-refractivity contribution in [3.63, 3.8) is 0 Å². The van der Waals surface area contributed by atoms with Gasteiger partial charge >= 0.3 is 11.9 Å². The van der Waals surface area contributed by atoms with Gasteiger partial charge in [-0.2, -0.15) is 0 Å². The smallest absolute Gasteiger partial charge is 0.352 e. The summed E-state index contributed by atoms with van der Waals surface area (Å²) >= 11 is 13.2. The minimum absolute atomic E-state index is 0.206. The Kier molecular flexibility index (Phi) is 6.74. The van der Waals surface area contributed by atoms with Crippen molar-refractivity contribution in [1.29, 1.82) is 0 Å². The molecule has 0 bridgehead atoms. The molecule has 1 aromatic carbocycles. The van der Waals surface area contributed by atoms with E-state index in [1.165, 1.54) is 30.8 Å². The van der Waals surface area contributed by atoms with Gasteiger partial charge in [0.05, 0.1) is 0 Å². The summed E-state index contributed by atoms with van der Waals surface area (Å²) in [6, 6.07) is 3.96. The summed E-state index contributed by atoms with van der Waals surface area (Å²) in [5.74, 6) is -2.65. The number of nitrogens with one attached hydrogen (secondary N) is 1. The highest BCUT2D eigenvalue weighted by atomic mass is 35.5. The van der Waals surface area contributed by atoms with E-state index in [1.807, 2.05) is 0 Å². The molecule has 2 aliphatic rings. The van der Waals surface area contributed by atoms with Crippen LogP contribution in [-0.2, 0) is 23.9 Å². The van der Waals surface area contributed by atoms with Crippen LogP contribution >= 0.6 is 35.0 Å². The number of fused-ring (bicyclic) bond motifs is 1. The third kappa shape index (κ3) is 4.63. The number of ether oxygens (including phenoxy) is 1. The zero-order valence-electron chi connectivity index (χ0n) is 15.6. The quantitative estimate of drug-likeness (QED) is 0.372. The molecule has 2 unspecified atom stereocenters. The van der Waals surface area contributed by atoms with Gasteiger partial charge in [0.25, 0.3) is 5.91 Å². The van der Waals surface area contributed by atoms with Crippen molar-refractivity contribution in [2.75, 3.05) is 12.4 Å². The molecule has 11 heteroatoms. The van der Waals surface area contributed by atoms with Crippen molar-refractivity contribution in [3.05, 3.63) is 51.2 Å². The Balaban J connectivity index is 1.68. The second-order valence-corrected chi connectivity index (χ2v) is 8.38. The number of carboxylic acids is 1. The first-order valence-corrected chi connectivity index (χ1v) is 10.5. The highest BCUT2D eigenvalue weighted by molar-refractivity contribution is 8.00. The standard InChI is InChI=1S/C19H16Cl2N2O6S/c1-9(24)29-7-11-8-30-18-15(17(26)23(18)16(11)19(27)28)22-14(25)5-3-10-2-4-12(20)6-13(10)21/h2-6,15,18H,7-8H2,1H3,(H,22,25)(H,27,28)/b5-3+. The van der Waals surface area contributed by atoms with Gasteiger partial charge in [-0.1, -0.05) is 29.3 Å². The van der Waals surface area contributed by atoms with Crippen LogP contribution in [0.15, 0.2) is 35.5 Å². The highest BCUT2D eigenvalue weighted by Crippen LogP contribution is 2.40. The molecule has 30 heavy (non-hydrogen) atoms. The molecule has 2 heterocycles. The van der Waals surface area contributed by atoms with Crippen molar-refractivity contribution >= 4 is 64.8 Å². The van der Waals surface area contributed by atoms with E-state index in [9.17, 15) is 24.3 Å². The summed E-state index contributed by atoms with van der Waals surface area (Å²) in [5, 5.41) is 12.4. The summed E-state index contributed by atoms with van der Waals surface area (Å²) in [6.07, 6.45) is 2.72. The average Bonchev–Trinajstić information content (AvgIpc) is 2.68. The molecule has 0 saturated carbocycles. The number of carbonyl (C=O) groups is 4. The number of amides is 2. The van der Waals surface area contributed by atoms with Gasteiger partial charge in [-0.15, -0.1) is 11.8 Å². The summed E-state index contributed by atoms with van der Waals surface area (Å²) in [4.78, 5) is 48.6. The van der Waals surface area contributed by atoms with E-state index in [-0.39, 0.29) is 18.1 Å². The van der Waals surface area contributed by atoms with Gasteiger partial charge in [0.2, 0.25) is 5.91 Å². The van der Waals surface area contributed by atoms with E-state index in [0.29, 0.717) is 21.2 Å².